The number of ether oxygens (including phenoxy) is 1. The van der Waals surface area contributed by atoms with Crippen LogP contribution in [0.2, 0.25) is 0 Å². The summed E-state index contributed by atoms with van der Waals surface area (Å²) in [5.74, 6) is -0.193. The first-order valence-electron chi connectivity index (χ1n) is 8.37. The van der Waals surface area contributed by atoms with Gasteiger partial charge in [-0.15, -0.1) is 0 Å². The second kappa shape index (κ2) is 8.09. The molecule has 0 radical (unpaired) electrons. The average Bonchev–Trinajstić information content (AvgIpc) is 3.08. The average molecular weight is 354 g/mol. The Morgan fingerprint density at radius 1 is 1.29 bits per heavy atom. The molecule has 24 heavy (non-hydrogen) atoms. The van der Waals surface area contributed by atoms with Crippen molar-refractivity contribution in [3.05, 3.63) is 29.8 Å². The molecule has 0 aliphatic carbocycles. The molecule has 1 aliphatic heterocycles. The highest BCUT2D eigenvalue weighted by molar-refractivity contribution is 7.89. The van der Waals surface area contributed by atoms with Crippen molar-refractivity contribution in [2.45, 2.75) is 37.7 Å². The zero-order valence-corrected chi connectivity index (χ0v) is 15.4. The van der Waals surface area contributed by atoms with Gasteiger partial charge in [0.15, 0.2) is 0 Å². The van der Waals surface area contributed by atoms with Gasteiger partial charge in [0.05, 0.1) is 11.0 Å². The van der Waals surface area contributed by atoms with E-state index in [0.29, 0.717) is 25.2 Å². The van der Waals surface area contributed by atoms with E-state index in [2.05, 4.69) is 0 Å². The molecule has 6 nitrogen and oxygen atoms in total. The highest BCUT2D eigenvalue weighted by atomic mass is 32.2. The number of nitrogens with zero attached hydrogens (tertiary/aromatic N) is 2. The largest absolute Gasteiger partial charge is 0.376 e. The lowest BCUT2D eigenvalue weighted by Gasteiger charge is -2.22. The van der Waals surface area contributed by atoms with Crippen molar-refractivity contribution >= 4 is 15.9 Å². The minimum Gasteiger partial charge on any atom is -0.376 e. The van der Waals surface area contributed by atoms with Crippen molar-refractivity contribution in [1.82, 2.24) is 9.21 Å². The van der Waals surface area contributed by atoms with Gasteiger partial charge in [0, 0.05) is 38.9 Å². The Morgan fingerprint density at radius 2 is 2.00 bits per heavy atom. The zero-order chi connectivity index (χ0) is 17.7. The van der Waals surface area contributed by atoms with E-state index in [9.17, 15) is 13.2 Å². The maximum absolute atomic E-state index is 12.6. The van der Waals surface area contributed by atoms with E-state index >= 15 is 0 Å². The third-order valence-electron chi connectivity index (χ3n) is 4.27. The third-order valence-corrected chi connectivity index (χ3v) is 6.32. The molecule has 1 unspecified atom stereocenters. The lowest BCUT2D eigenvalue weighted by Crippen LogP contribution is -2.34. The van der Waals surface area contributed by atoms with Crippen LogP contribution >= 0.6 is 0 Å². The fraction of sp³-hybridized carbons (Fsp3) is 0.588. The number of amides is 1. The van der Waals surface area contributed by atoms with Crippen LogP contribution in [0, 0.1) is 0 Å². The quantitative estimate of drug-likeness (QED) is 0.751. The van der Waals surface area contributed by atoms with Gasteiger partial charge in [-0.3, -0.25) is 4.79 Å². The van der Waals surface area contributed by atoms with Gasteiger partial charge in [0.25, 0.3) is 5.91 Å². The molecule has 1 amide bonds. The highest BCUT2D eigenvalue weighted by Crippen LogP contribution is 2.19. The molecule has 0 N–H and O–H groups in total. The maximum atomic E-state index is 12.6. The lowest BCUT2D eigenvalue weighted by atomic mass is 10.2. The number of hydrogen-bond acceptors (Lipinski definition) is 4. The van der Waals surface area contributed by atoms with Gasteiger partial charge in [-0.25, -0.2) is 8.42 Å². The van der Waals surface area contributed by atoms with Crippen molar-refractivity contribution in [2.75, 3.05) is 33.3 Å². The molecule has 0 aromatic heterocycles. The molecular weight excluding hydrogens is 328 g/mol. The van der Waals surface area contributed by atoms with E-state index in [1.807, 2.05) is 0 Å². The van der Waals surface area contributed by atoms with Gasteiger partial charge in [0.2, 0.25) is 10.0 Å². The zero-order valence-electron chi connectivity index (χ0n) is 14.6. The van der Waals surface area contributed by atoms with E-state index in [-0.39, 0.29) is 16.9 Å². The molecule has 2 rings (SSSR count). The van der Waals surface area contributed by atoms with E-state index in [4.69, 9.17) is 4.74 Å². The first-order valence-corrected chi connectivity index (χ1v) is 9.81. The number of rotatable bonds is 7. The standard InChI is InChI=1S/C17H26N2O4S/c1-4-19(5-2)24(21,22)16-10-6-8-14(12-16)17(20)18(3)13-15-9-7-11-23-15/h6,8,10,12,15H,4-5,7,9,11,13H2,1-3H3. The van der Waals surface area contributed by atoms with E-state index in [1.165, 1.54) is 16.4 Å². The molecule has 134 valence electrons. The molecule has 1 aromatic carbocycles. The van der Waals surface area contributed by atoms with E-state index in [0.717, 1.165) is 19.4 Å². The third kappa shape index (κ3) is 4.15. The Hall–Kier alpha value is -1.44. The first-order chi connectivity index (χ1) is 11.4. The van der Waals surface area contributed by atoms with Crippen LogP contribution < -0.4 is 0 Å². The molecule has 7 heteroatoms. The summed E-state index contributed by atoms with van der Waals surface area (Å²) >= 11 is 0. The van der Waals surface area contributed by atoms with Gasteiger partial charge < -0.3 is 9.64 Å². The number of carbonyl (C=O) groups excluding carboxylic acids is 1. The predicted octanol–water partition coefficient (Wildman–Crippen LogP) is 1.97. The second-order valence-electron chi connectivity index (χ2n) is 5.94. The van der Waals surface area contributed by atoms with Crippen molar-refractivity contribution < 1.29 is 17.9 Å². The van der Waals surface area contributed by atoms with Gasteiger partial charge in [0.1, 0.15) is 0 Å². The highest BCUT2D eigenvalue weighted by Gasteiger charge is 2.24. The van der Waals surface area contributed by atoms with Crippen LogP contribution in [0.3, 0.4) is 0 Å². The Kier molecular flexibility index (Phi) is 6.37. The van der Waals surface area contributed by atoms with Gasteiger partial charge in [-0.1, -0.05) is 19.9 Å². The van der Waals surface area contributed by atoms with Crippen LogP contribution in [0.1, 0.15) is 37.0 Å². The van der Waals surface area contributed by atoms with E-state index in [1.54, 1.807) is 37.9 Å². The fourth-order valence-electron chi connectivity index (χ4n) is 2.90. The summed E-state index contributed by atoms with van der Waals surface area (Å²) in [5, 5.41) is 0. The summed E-state index contributed by atoms with van der Waals surface area (Å²) in [5.41, 5.74) is 0.378. The molecule has 0 spiro atoms. The van der Waals surface area contributed by atoms with Crippen molar-refractivity contribution in [3.8, 4) is 0 Å². The Balaban J connectivity index is 2.18. The molecule has 0 saturated carbocycles. The van der Waals surface area contributed by atoms with Crippen LogP contribution in [0.5, 0.6) is 0 Å². The molecule has 1 aromatic rings. The van der Waals surface area contributed by atoms with Gasteiger partial charge in [-0.2, -0.15) is 4.31 Å². The minimum atomic E-state index is -3.57. The Morgan fingerprint density at radius 3 is 2.58 bits per heavy atom. The van der Waals surface area contributed by atoms with Crippen molar-refractivity contribution in [1.29, 1.82) is 0 Å². The SMILES string of the molecule is CCN(CC)S(=O)(=O)c1cccc(C(=O)N(C)CC2CCCO2)c1. The minimum absolute atomic E-state index is 0.0709. The van der Waals surface area contributed by atoms with Crippen LogP contribution in [0.4, 0.5) is 0 Å². The maximum Gasteiger partial charge on any atom is 0.253 e. The smallest absolute Gasteiger partial charge is 0.253 e. The molecule has 0 bridgehead atoms. The number of likely N-dealkylation sites (N-methyl/N-ethyl adjacent to an activating group) is 1. The summed E-state index contributed by atoms with van der Waals surface area (Å²) in [6, 6.07) is 6.26. The Bertz CT molecular complexity index is 665. The van der Waals surface area contributed by atoms with Gasteiger partial charge in [-0.05, 0) is 31.0 Å². The predicted molar refractivity (Wildman–Crippen MR) is 92.5 cm³/mol. The van der Waals surface area contributed by atoms with Crippen molar-refractivity contribution in [3.63, 3.8) is 0 Å². The summed E-state index contributed by atoms with van der Waals surface area (Å²) in [7, 11) is -1.85. The van der Waals surface area contributed by atoms with Crippen LogP contribution in [-0.2, 0) is 14.8 Å². The summed E-state index contributed by atoms with van der Waals surface area (Å²) in [4.78, 5) is 14.3. The molecule has 1 heterocycles. The molecule has 1 fully saturated rings. The first kappa shape index (κ1) is 18.9. The summed E-state index contributed by atoms with van der Waals surface area (Å²) in [6.45, 7) is 5.65. The van der Waals surface area contributed by atoms with Crippen LogP contribution in [0.25, 0.3) is 0 Å². The van der Waals surface area contributed by atoms with Crippen LogP contribution in [-0.4, -0.2) is 62.9 Å². The second-order valence-corrected chi connectivity index (χ2v) is 7.88. The Labute approximate surface area is 144 Å². The lowest BCUT2D eigenvalue weighted by molar-refractivity contribution is 0.0587. The molecule has 1 atom stereocenters. The number of benzene rings is 1. The monoisotopic (exact) mass is 354 g/mol. The number of sulfonamides is 1. The fourth-order valence-corrected chi connectivity index (χ4v) is 4.40. The van der Waals surface area contributed by atoms with Crippen LogP contribution in [0.15, 0.2) is 29.2 Å². The topological polar surface area (TPSA) is 66.9 Å². The number of hydrogen-bond donors (Lipinski definition) is 0. The summed E-state index contributed by atoms with van der Waals surface area (Å²) in [6.07, 6.45) is 2.04. The molecule has 1 saturated heterocycles. The molecule has 1 aliphatic rings. The van der Waals surface area contributed by atoms with Crippen molar-refractivity contribution in [2.24, 2.45) is 0 Å². The molecular formula is C17H26N2O4S. The summed E-state index contributed by atoms with van der Waals surface area (Å²) < 4.78 is 32.1. The normalized spacial score (nSPS) is 18.1. The van der Waals surface area contributed by atoms with Gasteiger partial charge >= 0.3 is 0 Å². The number of carbonyl (C=O) groups is 1. The van der Waals surface area contributed by atoms with E-state index < -0.39 is 10.0 Å².